The van der Waals surface area contributed by atoms with Crippen molar-refractivity contribution in [1.29, 1.82) is 0 Å². The molecule has 0 amide bonds. The molecule has 1 aliphatic rings. The van der Waals surface area contributed by atoms with Crippen molar-refractivity contribution in [1.82, 2.24) is 0 Å². The van der Waals surface area contributed by atoms with Crippen LogP contribution in [0.4, 0.5) is 0 Å². The van der Waals surface area contributed by atoms with E-state index in [1.54, 1.807) is 27.4 Å². The lowest BCUT2D eigenvalue weighted by Gasteiger charge is -2.25. The van der Waals surface area contributed by atoms with Crippen LogP contribution >= 0.6 is 0 Å². The Kier molecular flexibility index (Phi) is 4.45. The zero-order chi connectivity index (χ0) is 11.3. The van der Waals surface area contributed by atoms with E-state index in [0.29, 0.717) is 23.7 Å². The van der Waals surface area contributed by atoms with Crippen molar-refractivity contribution in [2.75, 3.05) is 28.1 Å². The summed E-state index contributed by atoms with van der Waals surface area (Å²) in [6.45, 7) is -0.360. The molecule has 0 saturated heterocycles. The molecule has 1 aliphatic carbocycles. The molecule has 1 unspecified atom stereocenters. The van der Waals surface area contributed by atoms with E-state index in [2.05, 4.69) is 0 Å². The largest absolute Gasteiger partial charge is 0.494 e. The fourth-order valence-electron chi connectivity index (χ4n) is 1.48. The van der Waals surface area contributed by atoms with E-state index in [-0.39, 0.29) is 12.9 Å². The van der Waals surface area contributed by atoms with E-state index in [9.17, 15) is 0 Å². The number of hydrogen-bond donors (Lipinski definition) is 1. The van der Waals surface area contributed by atoms with Gasteiger partial charge < -0.3 is 24.1 Å². The van der Waals surface area contributed by atoms with E-state index >= 15 is 0 Å². The maximum atomic E-state index is 8.67. The van der Waals surface area contributed by atoms with Crippen molar-refractivity contribution in [2.24, 2.45) is 0 Å². The molecule has 0 aromatic heterocycles. The minimum Gasteiger partial charge on any atom is -0.494 e. The van der Waals surface area contributed by atoms with Crippen LogP contribution in [0.25, 0.3) is 0 Å². The van der Waals surface area contributed by atoms with Crippen LogP contribution in [0.2, 0.25) is 0 Å². The average molecular weight is 216 g/mol. The first-order valence-corrected chi connectivity index (χ1v) is 4.56. The average Bonchev–Trinajstić information content (AvgIpc) is 2.28. The molecule has 15 heavy (non-hydrogen) atoms. The Morgan fingerprint density at radius 1 is 1.33 bits per heavy atom. The molecule has 0 aromatic rings. The van der Waals surface area contributed by atoms with E-state index < -0.39 is 0 Å². The summed E-state index contributed by atoms with van der Waals surface area (Å²) in [6.07, 6.45) is 1.97. The highest BCUT2D eigenvalue weighted by atomic mass is 16.6. The number of aliphatic hydroxyl groups is 1. The predicted molar refractivity (Wildman–Crippen MR) is 52.7 cm³/mol. The standard InChI is InChI=1S/C10H16O5/c1-12-8-4-7(15-6-11)5-9(13-2)10(8)14-3/h4,9,11H,5-6H2,1-3H3. The monoisotopic (exact) mass is 216 g/mol. The van der Waals surface area contributed by atoms with Gasteiger partial charge in [-0.05, 0) is 0 Å². The van der Waals surface area contributed by atoms with Crippen LogP contribution in [0.5, 0.6) is 0 Å². The Hall–Kier alpha value is -1.20. The molecule has 0 heterocycles. The van der Waals surface area contributed by atoms with Gasteiger partial charge in [-0.15, -0.1) is 0 Å². The van der Waals surface area contributed by atoms with Gasteiger partial charge in [-0.1, -0.05) is 0 Å². The van der Waals surface area contributed by atoms with Crippen LogP contribution < -0.4 is 0 Å². The van der Waals surface area contributed by atoms with Gasteiger partial charge in [0.2, 0.25) is 0 Å². The zero-order valence-corrected chi connectivity index (χ0v) is 9.15. The minimum atomic E-state index is -0.360. The first-order chi connectivity index (χ1) is 7.26. The van der Waals surface area contributed by atoms with Gasteiger partial charge in [0.25, 0.3) is 0 Å². The molecule has 1 atom stereocenters. The van der Waals surface area contributed by atoms with Crippen molar-refractivity contribution in [2.45, 2.75) is 12.5 Å². The summed E-state index contributed by atoms with van der Waals surface area (Å²) in [7, 11) is 4.68. The quantitative estimate of drug-likeness (QED) is 0.687. The molecule has 0 radical (unpaired) electrons. The fraction of sp³-hybridized carbons (Fsp3) is 0.600. The topological polar surface area (TPSA) is 57.2 Å². The van der Waals surface area contributed by atoms with E-state index in [1.165, 1.54) is 0 Å². The number of rotatable bonds is 5. The molecule has 0 aromatic carbocycles. The highest BCUT2D eigenvalue weighted by Crippen LogP contribution is 2.27. The molecular formula is C10H16O5. The molecule has 5 heteroatoms. The molecule has 0 aliphatic heterocycles. The van der Waals surface area contributed by atoms with Gasteiger partial charge in [-0.2, -0.15) is 0 Å². The molecule has 0 fully saturated rings. The van der Waals surface area contributed by atoms with Crippen molar-refractivity contribution in [3.05, 3.63) is 23.4 Å². The molecule has 0 saturated carbocycles. The maximum Gasteiger partial charge on any atom is 0.185 e. The van der Waals surface area contributed by atoms with Crippen molar-refractivity contribution >= 4 is 0 Å². The van der Waals surface area contributed by atoms with Gasteiger partial charge in [-0.3, -0.25) is 0 Å². The lowest BCUT2D eigenvalue weighted by atomic mass is 10.1. The second-order valence-corrected chi connectivity index (χ2v) is 2.95. The fourth-order valence-corrected chi connectivity index (χ4v) is 1.48. The van der Waals surface area contributed by atoms with Gasteiger partial charge in [0.15, 0.2) is 18.3 Å². The number of ether oxygens (including phenoxy) is 4. The molecule has 1 N–H and O–H groups in total. The summed E-state index contributed by atoms with van der Waals surface area (Å²) >= 11 is 0. The van der Waals surface area contributed by atoms with Gasteiger partial charge in [0, 0.05) is 19.6 Å². The SMILES string of the molecule is COC1=C(OC)C(OC)CC(OCO)=C1. The lowest BCUT2D eigenvalue weighted by molar-refractivity contribution is 0.00993. The first-order valence-electron chi connectivity index (χ1n) is 4.56. The Morgan fingerprint density at radius 3 is 2.53 bits per heavy atom. The molecule has 1 rings (SSSR count). The Labute approximate surface area is 88.9 Å². The molecule has 0 spiro atoms. The number of aliphatic hydroxyl groups excluding tert-OH is 1. The number of allylic oxidation sites excluding steroid dienone is 1. The van der Waals surface area contributed by atoms with Crippen molar-refractivity contribution in [3.8, 4) is 0 Å². The van der Waals surface area contributed by atoms with Crippen LogP contribution in [-0.4, -0.2) is 39.3 Å². The molecule has 5 nitrogen and oxygen atoms in total. The normalized spacial score (nSPS) is 21.1. The second-order valence-electron chi connectivity index (χ2n) is 2.95. The van der Waals surface area contributed by atoms with E-state index in [0.717, 1.165) is 0 Å². The van der Waals surface area contributed by atoms with E-state index in [1.807, 2.05) is 0 Å². The molecule has 0 bridgehead atoms. The Balaban J connectivity index is 2.92. The van der Waals surface area contributed by atoms with Crippen LogP contribution in [-0.2, 0) is 18.9 Å². The minimum absolute atomic E-state index is 0.239. The highest BCUT2D eigenvalue weighted by molar-refractivity contribution is 5.27. The summed E-state index contributed by atoms with van der Waals surface area (Å²) in [6, 6.07) is 0. The predicted octanol–water partition coefficient (Wildman–Crippen LogP) is 0.760. The number of methoxy groups -OCH3 is 3. The van der Waals surface area contributed by atoms with E-state index in [4.69, 9.17) is 24.1 Å². The third-order valence-electron chi connectivity index (χ3n) is 2.19. The second kappa shape index (κ2) is 5.63. The highest BCUT2D eigenvalue weighted by Gasteiger charge is 2.26. The zero-order valence-electron chi connectivity index (χ0n) is 9.15. The molecule has 86 valence electrons. The van der Waals surface area contributed by atoms with Crippen LogP contribution in [0.15, 0.2) is 23.4 Å². The van der Waals surface area contributed by atoms with Gasteiger partial charge in [-0.25, -0.2) is 0 Å². The third-order valence-corrected chi connectivity index (χ3v) is 2.19. The summed E-state index contributed by atoms with van der Waals surface area (Å²) < 4.78 is 20.6. The lowest BCUT2D eigenvalue weighted by Crippen LogP contribution is -2.22. The summed E-state index contributed by atoms with van der Waals surface area (Å²) in [5.41, 5.74) is 0. The van der Waals surface area contributed by atoms with Gasteiger partial charge in [0.1, 0.15) is 11.9 Å². The molecular weight excluding hydrogens is 200 g/mol. The maximum absolute atomic E-state index is 8.67. The Morgan fingerprint density at radius 2 is 2.07 bits per heavy atom. The smallest absolute Gasteiger partial charge is 0.185 e. The summed E-state index contributed by atoms with van der Waals surface area (Å²) in [4.78, 5) is 0. The summed E-state index contributed by atoms with van der Waals surface area (Å²) in [5, 5.41) is 8.67. The third kappa shape index (κ3) is 2.64. The first kappa shape index (κ1) is 11.9. The van der Waals surface area contributed by atoms with Crippen LogP contribution in [0.1, 0.15) is 6.42 Å². The van der Waals surface area contributed by atoms with Gasteiger partial charge in [0.05, 0.1) is 14.2 Å². The van der Waals surface area contributed by atoms with Crippen molar-refractivity contribution in [3.63, 3.8) is 0 Å². The Bertz CT molecular complexity index is 269. The van der Waals surface area contributed by atoms with Crippen LogP contribution in [0, 0.1) is 0 Å². The number of hydrogen-bond acceptors (Lipinski definition) is 5. The van der Waals surface area contributed by atoms with Crippen molar-refractivity contribution < 1.29 is 24.1 Å². The van der Waals surface area contributed by atoms with Gasteiger partial charge >= 0.3 is 0 Å². The summed E-state index contributed by atoms with van der Waals surface area (Å²) in [5.74, 6) is 1.80. The van der Waals surface area contributed by atoms with Crippen LogP contribution in [0.3, 0.4) is 0 Å².